The third-order valence-electron chi connectivity index (χ3n) is 3.65. The molecule has 2 aromatic carbocycles. The molecule has 0 saturated carbocycles. The number of nitrogens with one attached hydrogen (secondary N) is 1. The van der Waals surface area contributed by atoms with E-state index in [9.17, 15) is 12.8 Å². The first-order valence-electron chi connectivity index (χ1n) is 7.88. The zero-order chi connectivity index (χ0) is 16.7. The van der Waals surface area contributed by atoms with Crippen LogP contribution < -0.4 is 4.72 Å². The number of hydrogen-bond acceptors (Lipinski definition) is 2. The van der Waals surface area contributed by atoms with Crippen molar-refractivity contribution in [1.29, 1.82) is 0 Å². The van der Waals surface area contributed by atoms with Gasteiger partial charge in [-0.15, -0.1) is 0 Å². The van der Waals surface area contributed by atoms with Gasteiger partial charge in [0.25, 0.3) is 10.0 Å². The van der Waals surface area contributed by atoms with Gasteiger partial charge in [-0.05, 0) is 54.8 Å². The fourth-order valence-corrected chi connectivity index (χ4v) is 3.38. The van der Waals surface area contributed by atoms with Crippen molar-refractivity contribution in [3.05, 3.63) is 59.9 Å². The summed E-state index contributed by atoms with van der Waals surface area (Å²) < 4.78 is 39.9. The highest BCUT2D eigenvalue weighted by molar-refractivity contribution is 7.92. The van der Waals surface area contributed by atoms with E-state index in [1.165, 1.54) is 43.5 Å². The molecule has 0 bridgehead atoms. The van der Waals surface area contributed by atoms with Gasteiger partial charge in [0.2, 0.25) is 0 Å². The second kappa shape index (κ2) is 8.11. The Labute approximate surface area is 137 Å². The quantitative estimate of drug-likeness (QED) is 0.708. The van der Waals surface area contributed by atoms with Crippen LogP contribution in [0.1, 0.15) is 38.2 Å². The summed E-state index contributed by atoms with van der Waals surface area (Å²) in [7, 11) is -3.64. The smallest absolute Gasteiger partial charge is 0.261 e. The van der Waals surface area contributed by atoms with Crippen molar-refractivity contribution in [3.8, 4) is 0 Å². The minimum Gasteiger partial charge on any atom is -0.280 e. The van der Waals surface area contributed by atoms with Crippen molar-refractivity contribution < 1.29 is 12.8 Å². The van der Waals surface area contributed by atoms with Gasteiger partial charge in [-0.25, -0.2) is 12.8 Å². The monoisotopic (exact) mass is 335 g/mol. The number of hydrogen-bond donors (Lipinski definition) is 1. The SMILES string of the molecule is CCCCCCc1ccc(S(=O)(=O)Nc2ccc(F)cc2)cc1. The standard InChI is InChI=1S/C18H22FNO2S/c1-2-3-4-5-6-15-7-13-18(14-8-15)23(21,22)20-17-11-9-16(19)10-12-17/h7-14,20H,2-6H2,1H3. The van der Waals surface area contributed by atoms with Crippen LogP contribution in [0.25, 0.3) is 0 Å². The summed E-state index contributed by atoms with van der Waals surface area (Å²) in [6.07, 6.45) is 5.71. The Bertz CT molecular complexity index is 710. The summed E-state index contributed by atoms with van der Waals surface area (Å²) in [5.41, 5.74) is 1.48. The predicted octanol–water partition coefficient (Wildman–Crippen LogP) is 4.75. The van der Waals surface area contributed by atoms with Gasteiger partial charge in [0.1, 0.15) is 5.82 Å². The van der Waals surface area contributed by atoms with Crippen LogP contribution in [0.4, 0.5) is 10.1 Å². The molecule has 124 valence electrons. The van der Waals surface area contributed by atoms with Crippen molar-refractivity contribution in [2.75, 3.05) is 4.72 Å². The number of benzene rings is 2. The molecule has 0 radical (unpaired) electrons. The first kappa shape index (κ1) is 17.5. The van der Waals surface area contributed by atoms with E-state index in [0.29, 0.717) is 5.69 Å². The third-order valence-corrected chi connectivity index (χ3v) is 5.05. The van der Waals surface area contributed by atoms with Gasteiger partial charge in [-0.2, -0.15) is 0 Å². The summed E-state index contributed by atoms with van der Waals surface area (Å²) in [5.74, 6) is -0.402. The summed E-state index contributed by atoms with van der Waals surface area (Å²) in [4.78, 5) is 0.208. The lowest BCUT2D eigenvalue weighted by molar-refractivity contribution is 0.601. The van der Waals surface area contributed by atoms with E-state index in [0.717, 1.165) is 18.4 Å². The molecular weight excluding hydrogens is 313 g/mol. The van der Waals surface area contributed by atoms with Crippen LogP contribution >= 0.6 is 0 Å². The predicted molar refractivity (Wildman–Crippen MR) is 91.5 cm³/mol. The van der Waals surface area contributed by atoms with Crippen LogP contribution in [0, 0.1) is 5.82 Å². The van der Waals surface area contributed by atoms with E-state index in [4.69, 9.17) is 0 Å². The Morgan fingerprint density at radius 2 is 1.57 bits per heavy atom. The Morgan fingerprint density at radius 1 is 0.913 bits per heavy atom. The number of sulfonamides is 1. The highest BCUT2D eigenvalue weighted by Gasteiger charge is 2.13. The number of halogens is 1. The van der Waals surface area contributed by atoms with Crippen LogP contribution in [-0.2, 0) is 16.4 Å². The zero-order valence-corrected chi connectivity index (χ0v) is 14.1. The average molecular weight is 335 g/mol. The molecule has 1 N–H and O–H groups in total. The molecule has 2 rings (SSSR count). The van der Waals surface area contributed by atoms with Crippen LogP contribution in [0.15, 0.2) is 53.4 Å². The summed E-state index contributed by atoms with van der Waals surface area (Å²) in [6, 6.07) is 12.2. The first-order valence-corrected chi connectivity index (χ1v) is 9.37. The Hall–Kier alpha value is -1.88. The van der Waals surface area contributed by atoms with Gasteiger partial charge in [0.15, 0.2) is 0 Å². The molecule has 0 aliphatic heterocycles. The van der Waals surface area contributed by atoms with Crippen molar-refractivity contribution in [2.24, 2.45) is 0 Å². The molecule has 5 heteroatoms. The van der Waals surface area contributed by atoms with Crippen molar-refractivity contribution in [1.82, 2.24) is 0 Å². The van der Waals surface area contributed by atoms with Crippen molar-refractivity contribution in [3.63, 3.8) is 0 Å². The Kier molecular flexibility index (Phi) is 6.16. The van der Waals surface area contributed by atoms with E-state index in [1.54, 1.807) is 12.1 Å². The molecule has 0 fully saturated rings. The van der Waals surface area contributed by atoms with Gasteiger partial charge in [0.05, 0.1) is 4.90 Å². The lowest BCUT2D eigenvalue weighted by atomic mass is 10.1. The van der Waals surface area contributed by atoms with Crippen LogP contribution in [-0.4, -0.2) is 8.42 Å². The maximum absolute atomic E-state index is 12.9. The maximum atomic E-state index is 12.9. The molecule has 0 aliphatic rings. The molecule has 0 amide bonds. The minimum atomic E-state index is -3.64. The molecule has 0 saturated heterocycles. The number of rotatable bonds is 8. The molecule has 0 unspecified atom stereocenters. The Balaban J connectivity index is 2.01. The second-order valence-electron chi connectivity index (χ2n) is 5.57. The number of aryl methyl sites for hydroxylation is 1. The van der Waals surface area contributed by atoms with Gasteiger partial charge in [-0.1, -0.05) is 38.3 Å². The first-order chi connectivity index (χ1) is 11.0. The molecule has 0 heterocycles. The molecule has 0 aromatic heterocycles. The lowest BCUT2D eigenvalue weighted by Gasteiger charge is -2.09. The van der Waals surface area contributed by atoms with Gasteiger partial charge < -0.3 is 0 Å². The fourth-order valence-electron chi connectivity index (χ4n) is 2.32. The van der Waals surface area contributed by atoms with Crippen LogP contribution in [0.3, 0.4) is 0 Å². The van der Waals surface area contributed by atoms with E-state index in [1.807, 2.05) is 12.1 Å². The highest BCUT2D eigenvalue weighted by Crippen LogP contribution is 2.18. The molecule has 0 atom stereocenters. The molecule has 0 spiro atoms. The van der Waals surface area contributed by atoms with Crippen molar-refractivity contribution >= 4 is 15.7 Å². The maximum Gasteiger partial charge on any atom is 0.261 e. The largest absolute Gasteiger partial charge is 0.280 e. The minimum absolute atomic E-state index is 0.208. The summed E-state index contributed by atoms with van der Waals surface area (Å²) in [5, 5.41) is 0. The molecule has 0 aliphatic carbocycles. The van der Waals surface area contributed by atoms with E-state index < -0.39 is 15.8 Å². The Morgan fingerprint density at radius 3 is 2.17 bits per heavy atom. The molecule has 23 heavy (non-hydrogen) atoms. The number of unbranched alkanes of at least 4 members (excludes halogenated alkanes) is 3. The summed E-state index contributed by atoms with van der Waals surface area (Å²) >= 11 is 0. The van der Waals surface area contributed by atoms with E-state index in [-0.39, 0.29) is 4.90 Å². The summed E-state index contributed by atoms with van der Waals surface area (Å²) in [6.45, 7) is 2.17. The van der Waals surface area contributed by atoms with Gasteiger partial charge in [0, 0.05) is 5.69 Å². The number of anilines is 1. The lowest BCUT2D eigenvalue weighted by Crippen LogP contribution is -2.12. The normalized spacial score (nSPS) is 11.4. The zero-order valence-electron chi connectivity index (χ0n) is 13.3. The molecule has 2 aromatic rings. The van der Waals surface area contributed by atoms with Crippen molar-refractivity contribution in [2.45, 2.75) is 43.9 Å². The molecule has 3 nitrogen and oxygen atoms in total. The molecular formula is C18H22FNO2S. The van der Waals surface area contributed by atoms with Gasteiger partial charge >= 0.3 is 0 Å². The second-order valence-corrected chi connectivity index (χ2v) is 7.25. The van der Waals surface area contributed by atoms with Crippen LogP contribution in [0.2, 0.25) is 0 Å². The van der Waals surface area contributed by atoms with Gasteiger partial charge in [-0.3, -0.25) is 4.72 Å². The average Bonchev–Trinajstić information content (AvgIpc) is 2.54. The fraction of sp³-hybridized carbons (Fsp3) is 0.333. The van der Waals surface area contributed by atoms with Crippen LogP contribution in [0.5, 0.6) is 0 Å². The highest BCUT2D eigenvalue weighted by atomic mass is 32.2. The van der Waals surface area contributed by atoms with E-state index >= 15 is 0 Å². The van der Waals surface area contributed by atoms with E-state index in [2.05, 4.69) is 11.6 Å². The topological polar surface area (TPSA) is 46.2 Å². The third kappa shape index (κ3) is 5.36.